The van der Waals surface area contributed by atoms with E-state index < -0.39 is 37.6 Å². The van der Waals surface area contributed by atoms with Gasteiger partial charge in [-0.3, -0.25) is 0 Å². The Morgan fingerprint density at radius 2 is 2.00 bits per heavy atom. The van der Waals surface area contributed by atoms with Crippen LogP contribution in [-0.4, -0.2) is 58.0 Å². The van der Waals surface area contributed by atoms with Crippen molar-refractivity contribution in [1.29, 1.82) is 0 Å². The van der Waals surface area contributed by atoms with Gasteiger partial charge in [-0.15, -0.1) is 0 Å². The quantitative estimate of drug-likeness (QED) is 0.344. The lowest BCUT2D eigenvalue weighted by atomic mass is 10.0. The molecule has 0 aromatic carbocycles. The zero-order valence-corrected chi connectivity index (χ0v) is 5.71. The molecule has 66 valence electrons. The van der Waals surface area contributed by atoms with Gasteiger partial charge in [-0.1, -0.05) is 0 Å². The maximum atomic E-state index is 9.18. The Balaban J connectivity index is 2.79. The number of hydrogen-bond donors (Lipinski definition) is 4. The van der Waals surface area contributed by atoms with Crippen LogP contribution in [0.15, 0.2) is 0 Å². The van der Waals surface area contributed by atoms with Gasteiger partial charge in [0.15, 0.2) is 0 Å². The summed E-state index contributed by atoms with van der Waals surface area (Å²) in [6.45, 7) is -3.07. The molecule has 4 atom stereocenters. The predicted octanol–water partition coefficient (Wildman–Crippen LogP) is -2.54. The van der Waals surface area contributed by atoms with Crippen molar-refractivity contribution < 1.29 is 27.9 Å². The zero-order chi connectivity index (χ0) is 10.2. The summed E-state index contributed by atoms with van der Waals surface area (Å²) in [7, 11) is 0. The Morgan fingerprint density at radius 3 is 2.55 bits per heavy atom. The second-order valence-electron chi connectivity index (χ2n) is 2.38. The van der Waals surface area contributed by atoms with Crippen LogP contribution in [0.3, 0.4) is 0 Å². The van der Waals surface area contributed by atoms with E-state index in [1.807, 2.05) is 0 Å². The lowest BCUT2D eigenvalue weighted by Crippen LogP contribution is -2.53. The molecular formula is C6H12O5. The second-order valence-corrected chi connectivity index (χ2v) is 2.38. The van der Waals surface area contributed by atoms with Crippen molar-refractivity contribution in [3.8, 4) is 0 Å². The smallest absolute Gasteiger partial charge is 0.111 e. The minimum absolute atomic E-state index is 0.621. The summed E-state index contributed by atoms with van der Waals surface area (Å²) in [5.41, 5.74) is 0. The predicted molar refractivity (Wildman–Crippen MR) is 34.8 cm³/mol. The maximum absolute atomic E-state index is 9.18. The fraction of sp³-hybridized carbons (Fsp3) is 1.00. The van der Waals surface area contributed by atoms with Crippen molar-refractivity contribution in [3.05, 3.63) is 0 Å². The van der Waals surface area contributed by atoms with E-state index in [4.69, 9.17) is 18.1 Å². The average Bonchev–Trinajstić information content (AvgIpc) is 2.08. The summed E-state index contributed by atoms with van der Waals surface area (Å²) in [6.07, 6.45) is -6.16. The Labute approximate surface area is 66.7 Å². The molecule has 1 rings (SSSR count). The summed E-state index contributed by atoms with van der Waals surface area (Å²) >= 11 is 0. The first kappa shape index (κ1) is 6.33. The molecule has 0 radical (unpaired) electrons. The molecule has 5 heteroatoms. The molecule has 4 N–H and O–H groups in total. The van der Waals surface area contributed by atoms with Crippen LogP contribution in [0, 0.1) is 0 Å². The molecule has 0 amide bonds. The van der Waals surface area contributed by atoms with E-state index in [1.165, 1.54) is 0 Å². The van der Waals surface area contributed by atoms with Gasteiger partial charge >= 0.3 is 0 Å². The molecule has 0 aliphatic carbocycles. The van der Waals surface area contributed by atoms with Gasteiger partial charge < -0.3 is 25.2 Å². The van der Waals surface area contributed by atoms with Crippen molar-refractivity contribution in [3.63, 3.8) is 0 Å². The number of hydrogen-bond acceptors (Lipinski definition) is 5. The highest BCUT2D eigenvalue weighted by molar-refractivity contribution is 4.85. The maximum Gasteiger partial charge on any atom is 0.111 e. The Morgan fingerprint density at radius 1 is 1.36 bits per heavy atom. The molecule has 11 heavy (non-hydrogen) atoms. The Bertz CT molecular complexity index is 186. The van der Waals surface area contributed by atoms with E-state index in [0.29, 0.717) is 0 Å². The number of ether oxygens (including phenoxy) is 1. The van der Waals surface area contributed by atoms with E-state index >= 15 is 0 Å². The lowest BCUT2D eigenvalue weighted by molar-refractivity contribution is -0.195. The zero-order valence-electron chi connectivity index (χ0n) is 7.71. The van der Waals surface area contributed by atoms with Crippen molar-refractivity contribution in [2.75, 3.05) is 13.2 Å². The van der Waals surface area contributed by atoms with Crippen LogP contribution >= 0.6 is 0 Å². The van der Waals surface area contributed by atoms with E-state index in [-0.39, 0.29) is 0 Å². The molecule has 1 aliphatic heterocycles. The number of aliphatic hydroxyl groups is 4. The molecule has 0 saturated carbocycles. The van der Waals surface area contributed by atoms with Gasteiger partial charge in [0.2, 0.25) is 0 Å². The van der Waals surface area contributed by atoms with Crippen LogP contribution in [0.4, 0.5) is 0 Å². The van der Waals surface area contributed by atoms with Gasteiger partial charge in [0.1, 0.15) is 24.4 Å². The summed E-state index contributed by atoms with van der Waals surface area (Å²) in [5.74, 6) is 0. The topological polar surface area (TPSA) is 90.2 Å². The van der Waals surface area contributed by atoms with Gasteiger partial charge in [-0.05, 0) is 0 Å². The molecule has 0 spiro atoms. The van der Waals surface area contributed by atoms with Crippen molar-refractivity contribution >= 4 is 0 Å². The molecule has 5 nitrogen and oxygen atoms in total. The van der Waals surface area contributed by atoms with Crippen molar-refractivity contribution in [1.82, 2.24) is 0 Å². The normalized spacial score (nSPS) is 53.1. The number of rotatable bonds is 1. The van der Waals surface area contributed by atoms with Gasteiger partial charge in [-0.2, -0.15) is 0 Å². The van der Waals surface area contributed by atoms with Crippen LogP contribution in [0.25, 0.3) is 0 Å². The fourth-order valence-electron chi connectivity index (χ4n) is 0.848. The van der Waals surface area contributed by atoms with Crippen LogP contribution < -0.4 is 0 Å². The Hall–Kier alpha value is -0.200. The minimum atomic E-state index is -2.45. The largest absolute Gasteiger partial charge is 0.394 e. The molecule has 1 fully saturated rings. The highest BCUT2D eigenvalue weighted by atomic mass is 16.5. The fourth-order valence-corrected chi connectivity index (χ4v) is 0.848. The van der Waals surface area contributed by atoms with Crippen molar-refractivity contribution in [2.45, 2.75) is 24.4 Å². The van der Waals surface area contributed by atoms with Gasteiger partial charge in [-0.25, -0.2) is 0 Å². The van der Waals surface area contributed by atoms with E-state index in [1.54, 1.807) is 0 Å². The van der Waals surface area contributed by atoms with Gasteiger partial charge in [0.05, 0.1) is 15.9 Å². The summed E-state index contributed by atoms with van der Waals surface area (Å²) < 4.78 is 18.7. The third-order valence-corrected chi connectivity index (χ3v) is 1.57. The number of aliphatic hydroxyl groups excluding tert-OH is 4. The first-order valence-electron chi connectivity index (χ1n) is 4.23. The van der Waals surface area contributed by atoms with Crippen LogP contribution in [0.1, 0.15) is 2.74 Å². The highest BCUT2D eigenvalue weighted by Crippen LogP contribution is 2.14. The standard InChI is InChI=1S/C6H12O5/c7-1-4-6(10)5(9)3(8)2-11-4/h3-10H,1-2H2/t3-,4+,5+,6+/m0/s1/i2D2. The molecule has 0 aromatic rings. The summed E-state index contributed by atoms with van der Waals surface area (Å²) in [5, 5.41) is 36.1. The van der Waals surface area contributed by atoms with Gasteiger partial charge in [0, 0.05) is 0 Å². The molecule has 0 bridgehead atoms. The molecule has 1 saturated heterocycles. The van der Waals surface area contributed by atoms with Gasteiger partial charge in [0.25, 0.3) is 0 Å². The molecular weight excluding hydrogens is 152 g/mol. The first-order valence-corrected chi connectivity index (χ1v) is 3.23. The highest BCUT2D eigenvalue weighted by Gasteiger charge is 2.36. The average molecular weight is 166 g/mol. The molecule has 0 aromatic heterocycles. The summed E-state index contributed by atoms with van der Waals surface area (Å²) in [4.78, 5) is 0. The van der Waals surface area contributed by atoms with Crippen molar-refractivity contribution in [2.24, 2.45) is 0 Å². The SMILES string of the molecule is [2H]C1([2H])O[C@H](CO)[C@@H](O)[C@H](O)[C@H]1O. The van der Waals surface area contributed by atoms with Crippen LogP contribution in [-0.2, 0) is 4.74 Å². The van der Waals surface area contributed by atoms with E-state index in [0.717, 1.165) is 0 Å². The monoisotopic (exact) mass is 166 g/mol. The summed E-state index contributed by atoms with van der Waals surface area (Å²) in [6, 6.07) is 0. The third-order valence-electron chi connectivity index (χ3n) is 1.57. The van der Waals surface area contributed by atoms with E-state index in [9.17, 15) is 5.11 Å². The lowest BCUT2D eigenvalue weighted by Gasteiger charge is -2.34. The first-order chi connectivity index (χ1) is 5.90. The minimum Gasteiger partial charge on any atom is -0.394 e. The molecule has 1 heterocycles. The van der Waals surface area contributed by atoms with Crippen LogP contribution in [0.2, 0.25) is 0 Å². The van der Waals surface area contributed by atoms with Crippen LogP contribution in [0.5, 0.6) is 0 Å². The third kappa shape index (κ3) is 1.69. The van der Waals surface area contributed by atoms with E-state index in [2.05, 4.69) is 4.74 Å². The molecule has 0 unspecified atom stereocenters. The molecule has 1 aliphatic rings. The Kier molecular flexibility index (Phi) is 1.99. The second kappa shape index (κ2) is 3.46.